The molecule has 0 atom stereocenters. The molecule has 0 radical (unpaired) electrons. The molecule has 0 fully saturated rings. The zero-order valence-electron chi connectivity index (χ0n) is 17.9. The first kappa shape index (κ1) is 20.9. The van der Waals surface area contributed by atoms with Gasteiger partial charge in [-0.1, -0.05) is 12.1 Å². The second-order valence-corrected chi connectivity index (χ2v) is 7.44. The van der Waals surface area contributed by atoms with Crippen LogP contribution in [0.4, 0.5) is 11.5 Å². The zero-order chi connectivity index (χ0) is 22.7. The van der Waals surface area contributed by atoms with Crippen LogP contribution in [0, 0.1) is 0 Å². The largest absolute Gasteiger partial charge is 0.330 e. The molecular weight excluding hydrogens is 408 g/mol. The molecule has 4 aromatic rings. The van der Waals surface area contributed by atoms with Crippen LogP contribution in [0.15, 0.2) is 61.3 Å². The molecule has 10 heteroatoms. The van der Waals surface area contributed by atoms with Crippen molar-refractivity contribution in [1.82, 2.24) is 29.3 Å². The normalized spacial score (nSPS) is 10.9. The smallest absolute Gasteiger partial charge is 0.273 e. The first-order valence-electron chi connectivity index (χ1n) is 9.98. The van der Waals surface area contributed by atoms with Gasteiger partial charge >= 0.3 is 0 Å². The van der Waals surface area contributed by atoms with E-state index in [1.165, 1.54) is 6.20 Å². The average Bonchev–Trinajstić information content (AvgIpc) is 3.43. The summed E-state index contributed by atoms with van der Waals surface area (Å²) >= 11 is 0. The minimum Gasteiger partial charge on any atom is -0.330 e. The van der Waals surface area contributed by atoms with Crippen LogP contribution in [0.25, 0.3) is 11.5 Å². The number of nitrogens with one attached hydrogen (secondary N) is 2. The maximum absolute atomic E-state index is 12.8. The lowest BCUT2D eigenvalue weighted by Gasteiger charge is -2.11. The molecule has 2 N–H and O–H groups in total. The topological polar surface area (TPSA) is 120 Å². The van der Waals surface area contributed by atoms with E-state index >= 15 is 0 Å². The van der Waals surface area contributed by atoms with Crippen LogP contribution in [-0.4, -0.2) is 41.1 Å². The van der Waals surface area contributed by atoms with Gasteiger partial charge in [0.2, 0.25) is 0 Å². The fraction of sp³-hybridized carbons (Fsp3) is 0.182. The van der Waals surface area contributed by atoms with Crippen molar-refractivity contribution in [2.75, 3.05) is 10.6 Å². The number of pyridine rings is 1. The third-order valence-electron chi connectivity index (χ3n) is 4.78. The Kier molecular flexibility index (Phi) is 5.75. The Bertz CT molecular complexity index is 1270. The molecule has 0 saturated heterocycles. The van der Waals surface area contributed by atoms with E-state index < -0.39 is 0 Å². The van der Waals surface area contributed by atoms with E-state index in [0.29, 0.717) is 34.3 Å². The minimum absolute atomic E-state index is 0.171. The third-order valence-corrected chi connectivity index (χ3v) is 4.78. The summed E-state index contributed by atoms with van der Waals surface area (Å²) in [6, 6.07) is 12.1. The van der Waals surface area contributed by atoms with E-state index in [1.807, 2.05) is 24.5 Å². The predicted octanol–water partition coefficient (Wildman–Crippen LogP) is 3.16. The monoisotopic (exact) mass is 430 g/mol. The summed E-state index contributed by atoms with van der Waals surface area (Å²) in [6.07, 6.45) is 4.67. The summed E-state index contributed by atoms with van der Waals surface area (Å²) in [4.78, 5) is 33.6. The number of rotatable bonds is 6. The molecule has 162 valence electrons. The second kappa shape index (κ2) is 8.80. The van der Waals surface area contributed by atoms with Gasteiger partial charge in [0.05, 0.1) is 12.5 Å². The van der Waals surface area contributed by atoms with Gasteiger partial charge in [-0.2, -0.15) is 0 Å². The van der Waals surface area contributed by atoms with Crippen molar-refractivity contribution in [2.24, 2.45) is 7.05 Å². The molecule has 0 saturated carbocycles. The van der Waals surface area contributed by atoms with Gasteiger partial charge in [0.15, 0.2) is 5.82 Å². The highest BCUT2D eigenvalue weighted by molar-refractivity contribution is 6.06. The average molecular weight is 430 g/mol. The van der Waals surface area contributed by atoms with Gasteiger partial charge in [0.25, 0.3) is 11.8 Å². The van der Waals surface area contributed by atoms with Crippen molar-refractivity contribution in [3.05, 3.63) is 72.6 Å². The van der Waals surface area contributed by atoms with Crippen LogP contribution in [-0.2, 0) is 7.05 Å². The molecule has 0 aliphatic rings. The standard InChI is InChI=1S/C22H22N8O2/c1-14(2)30-13-24-28-20(30)17-8-5-9-19(26-17)27-21(31)15-6-4-7-16(10-15)25-22(32)18-11-23-12-29(18)3/h4-14H,1-3H3,(H,25,32)(H,26,27,31). The summed E-state index contributed by atoms with van der Waals surface area (Å²) < 4.78 is 3.52. The Balaban J connectivity index is 1.50. The molecule has 3 aromatic heterocycles. The number of hydrogen-bond acceptors (Lipinski definition) is 6. The van der Waals surface area contributed by atoms with Gasteiger partial charge in [-0.05, 0) is 44.2 Å². The van der Waals surface area contributed by atoms with E-state index in [1.54, 1.807) is 60.7 Å². The quantitative estimate of drug-likeness (QED) is 0.485. The maximum Gasteiger partial charge on any atom is 0.273 e. The molecule has 1 aromatic carbocycles. The number of hydrogen-bond donors (Lipinski definition) is 2. The zero-order valence-corrected chi connectivity index (χ0v) is 17.9. The van der Waals surface area contributed by atoms with E-state index in [4.69, 9.17) is 0 Å². The molecule has 0 spiro atoms. The van der Waals surface area contributed by atoms with Gasteiger partial charge < -0.3 is 19.8 Å². The molecular formula is C22H22N8O2. The van der Waals surface area contributed by atoms with Crippen LogP contribution in [0.3, 0.4) is 0 Å². The lowest BCUT2D eigenvalue weighted by Crippen LogP contribution is -2.17. The Morgan fingerprint density at radius 3 is 2.56 bits per heavy atom. The highest BCUT2D eigenvalue weighted by Gasteiger charge is 2.14. The summed E-state index contributed by atoms with van der Waals surface area (Å²) in [6.45, 7) is 4.05. The van der Waals surface area contributed by atoms with Crippen LogP contribution in [0.5, 0.6) is 0 Å². The number of carbonyl (C=O) groups is 2. The fourth-order valence-electron chi connectivity index (χ4n) is 3.13. The minimum atomic E-state index is -0.350. The number of anilines is 2. The van der Waals surface area contributed by atoms with Gasteiger partial charge in [-0.15, -0.1) is 10.2 Å². The number of aryl methyl sites for hydroxylation is 1. The van der Waals surface area contributed by atoms with Gasteiger partial charge in [0.1, 0.15) is 23.5 Å². The predicted molar refractivity (Wildman–Crippen MR) is 119 cm³/mol. The first-order valence-corrected chi connectivity index (χ1v) is 9.98. The number of aromatic nitrogens is 6. The van der Waals surface area contributed by atoms with E-state index in [-0.39, 0.29) is 17.9 Å². The second-order valence-electron chi connectivity index (χ2n) is 7.44. The van der Waals surface area contributed by atoms with Crippen molar-refractivity contribution in [1.29, 1.82) is 0 Å². The lowest BCUT2D eigenvalue weighted by molar-refractivity contribution is 0.101. The number of carbonyl (C=O) groups excluding carboxylic acids is 2. The maximum atomic E-state index is 12.8. The van der Waals surface area contributed by atoms with Crippen molar-refractivity contribution >= 4 is 23.3 Å². The number of amides is 2. The first-order chi connectivity index (χ1) is 15.4. The SMILES string of the molecule is CC(C)n1cnnc1-c1cccc(NC(=O)c2cccc(NC(=O)c3cncn3C)c2)n1. The molecule has 0 unspecified atom stereocenters. The molecule has 0 bridgehead atoms. The molecule has 32 heavy (non-hydrogen) atoms. The highest BCUT2D eigenvalue weighted by Crippen LogP contribution is 2.20. The molecule has 2 amide bonds. The van der Waals surface area contributed by atoms with E-state index in [0.717, 1.165) is 0 Å². The number of nitrogens with zero attached hydrogens (tertiary/aromatic N) is 6. The van der Waals surface area contributed by atoms with Crippen LogP contribution in [0.2, 0.25) is 0 Å². The van der Waals surface area contributed by atoms with Crippen LogP contribution >= 0.6 is 0 Å². The number of imidazole rings is 1. The molecule has 0 aliphatic carbocycles. The van der Waals surface area contributed by atoms with Gasteiger partial charge in [0, 0.05) is 24.3 Å². The molecule has 4 rings (SSSR count). The van der Waals surface area contributed by atoms with E-state index in [2.05, 4.69) is 30.8 Å². The van der Waals surface area contributed by atoms with Crippen LogP contribution in [0.1, 0.15) is 40.7 Å². The molecule has 0 aliphatic heterocycles. The van der Waals surface area contributed by atoms with Crippen molar-refractivity contribution < 1.29 is 9.59 Å². The molecule has 3 heterocycles. The summed E-state index contributed by atoms with van der Waals surface area (Å²) in [7, 11) is 1.73. The Morgan fingerprint density at radius 1 is 1.00 bits per heavy atom. The van der Waals surface area contributed by atoms with Gasteiger partial charge in [-0.25, -0.2) is 9.97 Å². The van der Waals surface area contributed by atoms with Crippen LogP contribution < -0.4 is 10.6 Å². The molecule has 10 nitrogen and oxygen atoms in total. The third kappa shape index (κ3) is 4.38. The van der Waals surface area contributed by atoms with Crippen molar-refractivity contribution in [3.63, 3.8) is 0 Å². The Labute approximate surface area is 184 Å². The van der Waals surface area contributed by atoms with Gasteiger partial charge in [-0.3, -0.25) is 9.59 Å². The highest BCUT2D eigenvalue weighted by atomic mass is 16.2. The number of benzene rings is 1. The fourth-order valence-corrected chi connectivity index (χ4v) is 3.13. The van der Waals surface area contributed by atoms with E-state index in [9.17, 15) is 9.59 Å². The van der Waals surface area contributed by atoms with Crippen molar-refractivity contribution in [3.8, 4) is 11.5 Å². The summed E-state index contributed by atoms with van der Waals surface area (Å²) in [5, 5.41) is 13.7. The Hall–Kier alpha value is -4.34. The summed E-state index contributed by atoms with van der Waals surface area (Å²) in [5.74, 6) is 0.342. The van der Waals surface area contributed by atoms with Crippen molar-refractivity contribution in [2.45, 2.75) is 19.9 Å². The summed E-state index contributed by atoms with van der Waals surface area (Å²) in [5.41, 5.74) is 1.89. The lowest BCUT2D eigenvalue weighted by atomic mass is 10.2. The Morgan fingerprint density at radius 2 is 1.81 bits per heavy atom.